The van der Waals surface area contributed by atoms with Crippen LogP contribution in [0.2, 0.25) is 0 Å². The number of piperazine rings is 1. The van der Waals surface area contributed by atoms with E-state index in [1.165, 1.54) is 13.1 Å². The first-order valence-corrected chi connectivity index (χ1v) is 5.92. The van der Waals surface area contributed by atoms with E-state index >= 15 is 0 Å². The van der Waals surface area contributed by atoms with Crippen LogP contribution in [0.4, 0.5) is 0 Å². The van der Waals surface area contributed by atoms with Crippen molar-refractivity contribution in [2.24, 2.45) is 0 Å². The molecule has 2 saturated heterocycles. The third-order valence-electron chi connectivity index (χ3n) is 3.06. The highest BCUT2D eigenvalue weighted by molar-refractivity contribution is 5.05. The highest BCUT2D eigenvalue weighted by atomic mass is 15.3. The normalized spacial score (nSPS) is 25.5. The van der Waals surface area contributed by atoms with E-state index in [4.69, 9.17) is 0 Å². The van der Waals surface area contributed by atoms with Crippen LogP contribution in [-0.2, 0) is 0 Å². The van der Waals surface area contributed by atoms with Gasteiger partial charge in [-0.3, -0.25) is 4.90 Å². The van der Waals surface area contributed by atoms with Gasteiger partial charge in [-0.25, -0.2) is 0 Å². The summed E-state index contributed by atoms with van der Waals surface area (Å²) >= 11 is 0. The predicted molar refractivity (Wildman–Crippen MR) is 61.7 cm³/mol. The minimum atomic E-state index is 0.419. The van der Waals surface area contributed by atoms with Crippen LogP contribution in [0.5, 0.6) is 0 Å². The summed E-state index contributed by atoms with van der Waals surface area (Å²) in [6.07, 6.45) is 0. The first kappa shape index (κ1) is 12.0. The van der Waals surface area contributed by atoms with E-state index in [2.05, 4.69) is 29.4 Å². The van der Waals surface area contributed by atoms with Crippen LogP contribution in [0.15, 0.2) is 0 Å². The summed E-state index contributed by atoms with van der Waals surface area (Å²) in [6.45, 7) is 14.4. The lowest BCUT2D eigenvalue weighted by molar-refractivity contribution is 0.0695. The van der Waals surface area contributed by atoms with Crippen LogP contribution in [0, 0.1) is 0 Å². The second-order valence-corrected chi connectivity index (χ2v) is 4.37. The molecule has 14 heavy (non-hydrogen) atoms. The molecule has 2 fully saturated rings. The quantitative estimate of drug-likeness (QED) is 0.650. The molecule has 3 nitrogen and oxygen atoms in total. The molecule has 0 aromatic carbocycles. The second kappa shape index (κ2) is 5.10. The van der Waals surface area contributed by atoms with Crippen LogP contribution in [0.1, 0.15) is 27.7 Å². The average Bonchev–Trinajstić information content (AvgIpc) is 2.19. The van der Waals surface area contributed by atoms with Crippen molar-refractivity contribution >= 4 is 0 Å². The maximum atomic E-state index is 3.61. The first-order chi connectivity index (χ1) is 6.72. The van der Waals surface area contributed by atoms with Crippen molar-refractivity contribution in [3.05, 3.63) is 0 Å². The largest absolute Gasteiger partial charge is 0.313 e. The molecule has 0 radical (unpaired) electrons. The summed E-state index contributed by atoms with van der Waals surface area (Å²) in [5, 5.41) is 6.95. The van der Waals surface area contributed by atoms with Gasteiger partial charge in [0, 0.05) is 38.8 Å². The Morgan fingerprint density at radius 3 is 2.29 bits per heavy atom. The third-order valence-corrected chi connectivity index (χ3v) is 3.06. The maximum Gasteiger partial charge on any atom is 0.0561 e. The van der Waals surface area contributed by atoms with Crippen LogP contribution in [0.25, 0.3) is 0 Å². The summed E-state index contributed by atoms with van der Waals surface area (Å²) in [7, 11) is 0. The molecule has 0 unspecified atom stereocenters. The molecule has 3 heteroatoms. The molecule has 0 bridgehead atoms. The van der Waals surface area contributed by atoms with E-state index in [0.29, 0.717) is 11.6 Å². The van der Waals surface area contributed by atoms with Crippen molar-refractivity contribution in [2.75, 3.05) is 32.7 Å². The minimum absolute atomic E-state index is 0.419. The first-order valence-electron chi connectivity index (χ1n) is 5.92. The lowest BCUT2D eigenvalue weighted by Gasteiger charge is -2.51. The zero-order chi connectivity index (χ0) is 10.6. The Hall–Kier alpha value is -0.120. The van der Waals surface area contributed by atoms with Gasteiger partial charge < -0.3 is 10.6 Å². The van der Waals surface area contributed by atoms with Gasteiger partial charge in [-0.2, -0.15) is 0 Å². The van der Waals surface area contributed by atoms with Gasteiger partial charge in [0.2, 0.25) is 0 Å². The number of hydrogen-bond acceptors (Lipinski definition) is 3. The Balaban J connectivity index is 0.000000461. The summed E-state index contributed by atoms with van der Waals surface area (Å²) in [4.78, 5) is 2.57. The highest BCUT2D eigenvalue weighted by Gasteiger charge is 2.40. The summed E-state index contributed by atoms with van der Waals surface area (Å²) in [5.74, 6) is 0. The van der Waals surface area contributed by atoms with Gasteiger partial charge in [0.1, 0.15) is 0 Å². The average molecular weight is 199 g/mol. The van der Waals surface area contributed by atoms with Gasteiger partial charge >= 0.3 is 0 Å². The Kier molecular flexibility index (Phi) is 4.35. The Morgan fingerprint density at radius 1 is 1.21 bits per heavy atom. The lowest BCUT2D eigenvalue weighted by atomic mass is 9.89. The van der Waals surface area contributed by atoms with Gasteiger partial charge in [0.25, 0.3) is 0 Å². The van der Waals surface area contributed by atoms with Crippen LogP contribution >= 0.6 is 0 Å². The fraction of sp³-hybridized carbons (Fsp3) is 1.00. The molecule has 0 aromatic rings. The van der Waals surface area contributed by atoms with Gasteiger partial charge in [-0.1, -0.05) is 13.8 Å². The van der Waals surface area contributed by atoms with Crippen molar-refractivity contribution in [2.45, 2.75) is 39.3 Å². The fourth-order valence-corrected chi connectivity index (χ4v) is 2.09. The summed E-state index contributed by atoms with van der Waals surface area (Å²) < 4.78 is 0. The molecule has 2 N–H and O–H groups in total. The van der Waals surface area contributed by atoms with Crippen LogP contribution in [0.3, 0.4) is 0 Å². The predicted octanol–water partition coefficient (Wildman–Crippen LogP) is 0.668. The zero-order valence-electron chi connectivity index (χ0n) is 10.1. The van der Waals surface area contributed by atoms with Crippen molar-refractivity contribution in [1.82, 2.24) is 15.5 Å². The Labute approximate surface area is 88.2 Å². The molecule has 0 aromatic heterocycles. The monoisotopic (exact) mass is 199 g/mol. The van der Waals surface area contributed by atoms with E-state index in [0.717, 1.165) is 19.6 Å². The van der Waals surface area contributed by atoms with Gasteiger partial charge in [0.15, 0.2) is 0 Å². The molecule has 0 saturated carbocycles. The van der Waals surface area contributed by atoms with Crippen molar-refractivity contribution in [3.8, 4) is 0 Å². The van der Waals surface area contributed by atoms with Gasteiger partial charge in [-0.05, 0) is 13.8 Å². The lowest BCUT2D eigenvalue weighted by Crippen LogP contribution is -2.75. The summed E-state index contributed by atoms with van der Waals surface area (Å²) in [6, 6.07) is 0.699. The van der Waals surface area contributed by atoms with E-state index in [-0.39, 0.29) is 0 Å². The fourth-order valence-electron chi connectivity index (χ4n) is 2.09. The van der Waals surface area contributed by atoms with Crippen molar-refractivity contribution in [1.29, 1.82) is 0 Å². The summed E-state index contributed by atoms with van der Waals surface area (Å²) in [5.41, 5.74) is 0.419. The zero-order valence-corrected chi connectivity index (χ0v) is 10.1. The van der Waals surface area contributed by atoms with E-state index < -0.39 is 0 Å². The topological polar surface area (TPSA) is 27.3 Å². The molecule has 2 rings (SSSR count). The number of hydrogen-bond donors (Lipinski definition) is 2. The van der Waals surface area contributed by atoms with Crippen molar-refractivity contribution in [3.63, 3.8) is 0 Å². The van der Waals surface area contributed by atoms with Crippen molar-refractivity contribution < 1.29 is 0 Å². The molecule has 2 heterocycles. The Morgan fingerprint density at radius 2 is 1.86 bits per heavy atom. The van der Waals surface area contributed by atoms with E-state index in [9.17, 15) is 0 Å². The molecule has 0 atom stereocenters. The number of nitrogens with zero attached hydrogens (tertiary/aromatic N) is 1. The van der Waals surface area contributed by atoms with Gasteiger partial charge in [-0.15, -0.1) is 0 Å². The van der Waals surface area contributed by atoms with Gasteiger partial charge in [0.05, 0.1) is 5.54 Å². The molecular formula is C11H25N3. The number of rotatable bonds is 1. The number of nitrogens with one attached hydrogen (secondary N) is 2. The molecule has 1 spiro atoms. The maximum absolute atomic E-state index is 3.61. The van der Waals surface area contributed by atoms with E-state index in [1.807, 2.05) is 13.8 Å². The SMILES string of the molecule is CC.CC(C)N1CCNC2(CNC2)C1. The standard InChI is InChI=1S/C9H19N3.C2H6/c1-8(2)12-4-3-11-9(7-12)5-10-6-9;1-2/h8,10-11H,3-7H2,1-2H3;1-2H3. The highest BCUT2D eigenvalue weighted by Crippen LogP contribution is 2.17. The minimum Gasteiger partial charge on any atom is -0.313 e. The molecule has 84 valence electrons. The van der Waals surface area contributed by atoms with Crippen LogP contribution in [-0.4, -0.2) is 49.2 Å². The molecule has 0 aliphatic carbocycles. The molecule has 2 aliphatic rings. The third kappa shape index (κ3) is 2.47. The Bertz CT molecular complexity index is 164. The molecular weight excluding hydrogens is 174 g/mol. The smallest absolute Gasteiger partial charge is 0.0561 e. The van der Waals surface area contributed by atoms with E-state index in [1.54, 1.807) is 0 Å². The van der Waals surface area contributed by atoms with Crippen LogP contribution < -0.4 is 10.6 Å². The molecule has 2 aliphatic heterocycles. The molecule has 0 amide bonds. The second-order valence-electron chi connectivity index (χ2n) is 4.37.